The highest BCUT2D eigenvalue weighted by molar-refractivity contribution is 5.96. The Balaban J connectivity index is 1.97. The standard InChI is InChI=1S/C36H36F6N4O6/c1-15-19(7-9-29(47)51-5)25-14-26-20(8-10-30(48)52-6)16(2)22(44-26)12-27-32(34(50)36(40,41)42)18(4)24(46-27)13-28-31(33(49)35(37,38)39)17(3)23(45-28)11-21(15)43-25/h11-14,33-34,45-46,49-50H,7-10H2,1-6H3/t33-,34+/m0/s1. The van der Waals surface area contributed by atoms with Gasteiger partial charge in [0.1, 0.15) is 0 Å². The van der Waals surface area contributed by atoms with E-state index in [9.17, 15) is 46.1 Å². The highest BCUT2D eigenvalue weighted by atomic mass is 19.4. The number of carbonyl (C=O) groups is 2. The van der Waals surface area contributed by atoms with Crippen LogP contribution in [0.3, 0.4) is 0 Å². The fourth-order valence-corrected chi connectivity index (χ4v) is 6.47. The molecule has 0 fully saturated rings. The maximum Gasteiger partial charge on any atom is 0.418 e. The zero-order valence-corrected chi connectivity index (χ0v) is 29.0. The molecule has 8 bridgehead atoms. The highest BCUT2D eigenvalue weighted by Crippen LogP contribution is 2.42. The minimum atomic E-state index is -5.12. The second-order valence-electron chi connectivity index (χ2n) is 12.6. The van der Waals surface area contributed by atoms with E-state index in [-0.39, 0.29) is 64.6 Å². The van der Waals surface area contributed by atoms with E-state index in [2.05, 4.69) is 9.97 Å². The van der Waals surface area contributed by atoms with Crippen molar-refractivity contribution in [3.05, 3.63) is 69.3 Å². The van der Waals surface area contributed by atoms with Gasteiger partial charge in [0.25, 0.3) is 0 Å². The molecule has 0 aromatic carbocycles. The normalized spacial score (nSPS) is 14.9. The number of nitrogens with zero attached hydrogens (tertiary/aromatic N) is 2. The molecular weight excluding hydrogens is 698 g/mol. The van der Waals surface area contributed by atoms with Crippen molar-refractivity contribution in [1.82, 2.24) is 19.9 Å². The Morgan fingerprint density at radius 1 is 0.635 bits per heavy atom. The van der Waals surface area contributed by atoms with E-state index in [1.807, 2.05) is 0 Å². The fraction of sp³-hybridized carbons (Fsp3) is 0.389. The first-order valence-corrected chi connectivity index (χ1v) is 16.1. The Labute approximate surface area is 293 Å². The minimum absolute atomic E-state index is 0.00128. The van der Waals surface area contributed by atoms with Gasteiger partial charge in [-0.2, -0.15) is 26.3 Å². The van der Waals surface area contributed by atoms with E-state index in [0.29, 0.717) is 39.4 Å². The van der Waals surface area contributed by atoms with Crippen LogP contribution in [-0.2, 0) is 19.1 Å². The molecular formula is C36H36F6N4O6. The Morgan fingerprint density at radius 3 is 1.38 bits per heavy atom. The SMILES string of the molecule is COC(=O)CCC1=C(C)c2cc3[nH]c(cc4[nH]c(cc5nc(cc1n2)C(CCC(=O)OC)=C5C)c([C@@H](O)C(F)(F)F)c4C)c([C@H](O)C(F)(F)F)c3C. The fourth-order valence-electron chi connectivity index (χ4n) is 6.47. The first kappa shape index (κ1) is 38.3. The summed E-state index contributed by atoms with van der Waals surface area (Å²) in [5.74, 6) is -1.02. The van der Waals surface area contributed by atoms with Crippen molar-refractivity contribution in [3.63, 3.8) is 0 Å². The van der Waals surface area contributed by atoms with Gasteiger partial charge in [-0.1, -0.05) is 0 Å². The number of aromatic nitrogens is 4. The molecule has 52 heavy (non-hydrogen) atoms. The van der Waals surface area contributed by atoms with Gasteiger partial charge < -0.3 is 29.7 Å². The molecule has 0 radical (unpaired) electrons. The van der Waals surface area contributed by atoms with Gasteiger partial charge >= 0.3 is 24.3 Å². The van der Waals surface area contributed by atoms with E-state index >= 15 is 0 Å². The van der Waals surface area contributed by atoms with Gasteiger partial charge in [-0.05, 0) is 98.2 Å². The number of aliphatic hydroxyl groups excluding tert-OH is 2. The molecule has 278 valence electrons. The summed E-state index contributed by atoms with van der Waals surface area (Å²) in [5, 5.41) is 21.0. The number of nitrogens with one attached hydrogen (secondary N) is 2. The number of fused-ring (bicyclic) bond motifs is 8. The zero-order valence-electron chi connectivity index (χ0n) is 29.0. The van der Waals surface area contributed by atoms with Crippen LogP contribution >= 0.6 is 0 Å². The lowest BCUT2D eigenvalue weighted by atomic mass is 9.98. The molecule has 3 aromatic rings. The van der Waals surface area contributed by atoms with Crippen LogP contribution in [0.4, 0.5) is 26.3 Å². The Kier molecular flexibility index (Phi) is 10.5. The number of H-pyrrole nitrogens is 2. The molecule has 3 aromatic heterocycles. The number of rotatable bonds is 8. The van der Waals surface area contributed by atoms with Crippen molar-refractivity contribution in [2.24, 2.45) is 0 Å². The van der Waals surface area contributed by atoms with Gasteiger partial charge in [0.05, 0.1) is 37.0 Å². The van der Waals surface area contributed by atoms with Crippen LogP contribution in [0, 0.1) is 13.8 Å². The van der Waals surface area contributed by atoms with Crippen LogP contribution in [0.2, 0.25) is 0 Å². The van der Waals surface area contributed by atoms with E-state index in [1.54, 1.807) is 19.9 Å². The van der Waals surface area contributed by atoms with Gasteiger partial charge in [0.2, 0.25) is 0 Å². The van der Waals surface area contributed by atoms with E-state index in [1.165, 1.54) is 40.2 Å². The molecule has 16 heteroatoms. The Hall–Kier alpha value is -4.96. The van der Waals surface area contributed by atoms with E-state index in [4.69, 9.17) is 19.4 Å². The number of allylic oxidation sites excluding steroid dienone is 4. The third-order valence-electron chi connectivity index (χ3n) is 9.41. The topological polar surface area (TPSA) is 150 Å². The van der Waals surface area contributed by atoms with E-state index in [0.717, 1.165) is 6.07 Å². The number of aryl methyl sites for hydroxylation is 2. The van der Waals surface area contributed by atoms with Gasteiger partial charge in [-0.3, -0.25) is 9.59 Å². The predicted molar refractivity (Wildman–Crippen MR) is 180 cm³/mol. The van der Waals surface area contributed by atoms with Gasteiger partial charge in [0.15, 0.2) is 12.2 Å². The average Bonchev–Trinajstić information content (AvgIpc) is 3.73. The third kappa shape index (κ3) is 7.35. The van der Waals surface area contributed by atoms with Crippen molar-refractivity contribution in [2.45, 2.75) is 77.9 Å². The van der Waals surface area contributed by atoms with Crippen LogP contribution in [0.15, 0.2) is 24.3 Å². The van der Waals surface area contributed by atoms with Crippen LogP contribution in [0.5, 0.6) is 0 Å². The quantitative estimate of drug-likeness (QED) is 0.135. The average molecular weight is 735 g/mol. The van der Waals surface area contributed by atoms with Crippen molar-refractivity contribution < 1.29 is 55.6 Å². The van der Waals surface area contributed by atoms with Crippen molar-refractivity contribution >= 4 is 56.3 Å². The molecule has 0 spiro atoms. The maximum absolute atomic E-state index is 14.1. The number of aromatic amines is 2. The van der Waals surface area contributed by atoms with Crippen LogP contribution in [0.1, 0.15) is 96.8 Å². The van der Waals surface area contributed by atoms with Crippen LogP contribution in [0.25, 0.3) is 44.4 Å². The van der Waals surface area contributed by atoms with E-state index < -0.39 is 47.6 Å². The number of halogens is 6. The molecule has 5 heterocycles. The van der Waals surface area contributed by atoms with Crippen molar-refractivity contribution in [1.29, 1.82) is 0 Å². The molecule has 0 aliphatic carbocycles. The predicted octanol–water partition coefficient (Wildman–Crippen LogP) is 7.89. The number of aliphatic hydroxyl groups is 2. The first-order valence-electron chi connectivity index (χ1n) is 16.1. The summed E-state index contributed by atoms with van der Waals surface area (Å²) >= 11 is 0. The molecule has 2 aliphatic heterocycles. The summed E-state index contributed by atoms with van der Waals surface area (Å²) in [6.07, 6.45) is -16.0. The summed E-state index contributed by atoms with van der Waals surface area (Å²) in [5.41, 5.74) is 1.76. The smallest absolute Gasteiger partial charge is 0.418 e. The number of hydrogen-bond acceptors (Lipinski definition) is 8. The van der Waals surface area contributed by atoms with Gasteiger partial charge in [0, 0.05) is 46.0 Å². The summed E-state index contributed by atoms with van der Waals surface area (Å²) in [7, 11) is 2.47. The van der Waals surface area contributed by atoms with Crippen molar-refractivity contribution in [3.8, 4) is 0 Å². The number of ether oxygens (including phenoxy) is 2. The first-order chi connectivity index (χ1) is 24.3. The second-order valence-corrected chi connectivity index (χ2v) is 12.6. The number of methoxy groups -OCH3 is 2. The Bertz CT molecular complexity index is 2180. The second kappa shape index (κ2) is 14.2. The van der Waals surface area contributed by atoms with Gasteiger partial charge in [-0.15, -0.1) is 0 Å². The monoisotopic (exact) mass is 734 g/mol. The molecule has 0 saturated heterocycles. The van der Waals surface area contributed by atoms with Gasteiger partial charge in [-0.25, -0.2) is 9.97 Å². The number of alkyl halides is 6. The maximum atomic E-state index is 14.1. The number of hydrogen-bond donors (Lipinski definition) is 4. The molecule has 2 aliphatic rings. The molecule has 10 nitrogen and oxygen atoms in total. The largest absolute Gasteiger partial charge is 0.469 e. The summed E-state index contributed by atoms with van der Waals surface area (Å²) < 4.78 is 93.9. The lowest BCUT2D eigenvalue weighted by Gasteiger charge is -2.15. The lowest BCUT2D eigenvalue weighted by Crippen LogP contribution is -2.20. The third-order valence-corrected chi connectivity index (χ3v) is 9.41. The van der Waals surface area contributed by atoms with Crippen LogP contribution < -0.4 is 0 Å². The minimum Gasteiger partial charge on any atom is -0.469 e. The molecule has 2 atom stereocenters. The lowest BCUT2D eigenvalue weighted by molar-refractivity contribution is -0.206. The molecule has 0 unspecified atom stereocenters. The molecule has 4 N–H and O–H groups in total. The van der Waals surface area contributed by atoms with Crippen molar-refractivity contribution in [2.75, 3.05) is 14.2 Å². The summed E-state index contributed by atoms with van der Waals surface area (Å²) in [4.78, 5) is 39.5. The molecule has 0 amide bonds. The highest BCUT2D eigenvalue weighted by Gasteiger charge is 2.43. The number of esters is 2. The summed E-state index contributed by atoms with van der Waals surface area (Å²) in [6.45, 7) is 6.02. The molecule has 0 saturated carbocycles. The summed E-state index contributed by atoms with van der Waals surface area (Å²) in [6, 6.07) is 5.51. The number of carbonyl (C=O) groups excluding carboxylic acids is 2. The molecule has 5 rings (SSSR count). The zero-order chi connectivity index (χ0) is 38.4. The van der Waals surface area contributed by atoms with Crippen LogP contribution in [-0.4, -0.2) is 68.7 Å². The Morgan fingerprint density at radius 2 is 1.00 bits per heavy atom.